The number of hydrogen-bond donors (Lipinski definition) is 1. The largest absolute Gasteiger partial charge is 0.488 e. The molecule has 33 heavy (non-hydrogen) atoms. The average molecular weight is 440 g/mol. The van der Waals surface area contributed by atoms with Gasteiger partial charge < -0.3 is 14.6 Å². The fraction of sp³-hybridized carbons (Fsp3) is 0.143. The van der Waals surface area contributed by atoms with E-state index in [-0.39, 0.29) is 12.2 Å². The van der Waals surface area contributed by atoms with E-state index in [1.54, 1.807) is 12.1 Å². The fourth-order valence-electron chi connectivity index (χ4n) is 3.50. The summed E-state index contributed by atoms with van der Waals surface area (Å²) in [6, 6.07) is 26.7. The van der Waals surface area contributed by atoms with Crippen LogP contribution in [0.25, 0.3) is 11.3 Å². The summed E-state index contributed by atoms with van der Waals surface area (Å²) in [6.45, 7) is 4.41. The van der Waals surface area contributed by atoms with Crippen LogP contribution < -0.4 is 9.47 Å². The maximum Gasteiger partial charge on any atom is 0.337 e. The van der Waals surface area contributed by atoms with E-state index in [4.69, 9.17) is 9.47 Å². The molecule has 1 aromatic heterocycles. The number of pyridine rings is 1. The van der Waals surface area contributed by atoms with Crippen molar-refractivity contribution < 1.29 is 19.4 Å². The molecule has 166 valence electrons. The SMILES string of the molecule is Cc1ccc(C)c(OCc2nc(-c3ccccc3OCc3ccccc3)ccc2C(=O)O)c1. The van der Waals surface area contributed by atoms with Crippen molar-refractivity contribution in [1.82, 2.24) is 4.98 Å². The highest BCUT2D eigenvalue weighted by Crippen LogP contribution is 2.30. The molecule has 0 bridgehead atoms. The van der Waals surface area contributed by atoms with Gasteiger partial charge in [0, 0.05) is 5.56 Å². The Labute approximate surface area is 193 Å². The van der Waals surface area contributed by atoms with Gasteiger partial charge in [-0.1, -0.05) is 54.6 Å². The van der Waals surface area contributed by atoms with Gasteiger partial charge in [0.1, 0.15) is 24.7 Å². The predicted octanol–water partition coefficient (Wildman–Crippen LogP) is 6.22. The molecule has 0 saturated carbocycles. The molecule has 0 aliphatic rings. The summed E-state index contributed by atoms with van der Waals surface area (Å²) in [7, 11) is 0. The van der Waals surface area contributed by atoms with E-state index < -0.39 is 5.97 Å². The van der Waals surface area contributed by atoms with Gasteiger partial charge in [-0.3, -0.25) is 0 Å². The van der Waals surface area contributed by atoms with Gasteiger partial charge in [-0.15, -0.1) is 0 Å². The molecule has 0 aliphatic carbocycles. The topological polar surface area (TPSA) is 68.7 Å². The Morgan fingerprint density at radius 2 is 1.55 bits per heavy atom. The molecular weight excluding hydrogens is 414 g/mol. The molecule has 0 fully saturated rings. The van der Waals surface area contributed by atoms with Gasteiger partial charge in [0.15, 0.2) is 0 Å². The highest BCUT2D eigenvalue weighted by molar-refractivity contribution is 5.89. The maximum atomic E-state index is 11.8. The molecule has 4 aromatic rings. The summed E-state index contributed by atoms with van der Waals surface area (Å²) in [4.78, 5) is 16.5. The Kier molecular flexibility index (Phi) is 6.69. The predicted molar refractivity (Wildman–Crippen MR) is 128 cm³/mol. The number of carboxylic acids is 1. The number of para-hydroxylation sites is 1. The number of aryl methyl sites for hydroxylation is 2. The van der Waals surface area contributed by atoms with Crippen molar-refractivity contribution in [2.75, 3.05) is 0 Å². The standard InChI is InChI=1S/C28H25NO4/c1-19-12-13-20(2)27(16-19)33-18-25-23(28(30)31)14-15-24(29-25)22-10-6-7-11-26(22)32-17-21-8-4-3-5-9-21/h3-16H,17-18H2,1-2H3,(H,30,31). The number of ether oxygens (including phenoxy) is 2. The molecule has 0 atom stereocenters. The first kappa shape index (κ1) is 22.1. The minimum atomic E-state index is -1.04. The van der Waals surface area contributed by atoms with Gasteiger partial charge in [0.2, 0.25) is 0 Å². The number of rotatable bonds is 8. The molecule has 0 unspecified atom stereocenters. The number of nitrogens with zero attached hydrogens (tertiary/aromatic N) is 1. The first-order valence-electron chi connectivity index (χ1n) is 10.7. The molecular formula is C28H25NO4. The van der Waals surface area contributed by atoms with Crippen LogP contribution in [0, 0.1) is 13.8 Å². The lowest BCUT2D eigenvalue weighted by Crippen LogP contribution is -2.09. The van der Waals surface area contributed by atoms with Crippen LogP contribution in [0.4, 0.5) is 0 Å². The molecule has 0 aliphatic heterocycles. The summed E-state index contributed by atoms with van der Waals surface area (Å²) >= 11 is 0. The van der Waals surface area contributed by atoms with Crippen molar-refractivity contribution in [2.24, 2.45) is 0 Å². The Morgan fingerprint density at radius 3 is 2.33 bits per heavy atom. The zero-order valence-corrected chi connectivity index (χ0v) is 18.6. The van der Waals surface area contributed by atoms with Crippen molar-refractivity contribution in [3.8, 4) is 22.8 Å². The van der Waals surface area contributed by atoms with E-state index in [1.807, 2.05) is 86.6 Å². The van der Waals surface area contributed by atoms with E-state index >= 15 is 0 Å². The quantitative estimate of drug-likeness (QED) is 0.353. The molecule has 5 heteroatoms. The molecule has 1 N–H and O–H groups in total. The van der Waals surface area contributed by atoms with Gasteiger partial charge in [-0.05, 0) is 60.9 Å². The molecule has 0 amide bonds. The van der Waals surface area contributed by atoms with Crippen LogP contribution in [0.3, 0.4) is 0 Å². The van der Waals surface area contributed by atoms with Gasteiger partial charge in [-0.2, -0.15) is 0 Å². The Hall–Kier alpha value is -4.12. The van der Waals surface area contributed by atoms with E-state index in [0.717, 1.165) is 22.3 Å². The first-order chi connectivity index (χ1) is 16.0. The third-order valence-corrected chi connectivity index (χ3v) is 5.31. The van der Waals surface area contributed by atoms with Crippen molar-refractivity contribution in [1.29, 1.82) is 0 Å². The highest BCUT2D eigenvalue weighted by Gasteiger charge is 2.16. The van der Waals surface area contributed by atoms with Crippen LogP contribution in [0.2, 0.25) is 0 Å². The number of aromatic carboxylic acids is 1. The van der Waals surface area contributed by atoms with Crippen molar-refractivity contribution in [3.05, 3.63) is 113 Å². The summed E-state index contributed by atoms with van der Waals surface area (Å²) in [6.07, 6.45) is 0. The highest BCUT2D eigenvalue weighted by atomic mass is 16.5. The number of benzene rings is 3. The number of hydrogen-bond acceptors (Lipinski definition) is 4. The first-order valence-corrected chi connectivity index (χ1v) is 10.7. The molecule has 0 saturated heterocycles. The van der Waals surface area contributed by atoms with E-state index in [2.05, 4.69) is 4.98 Å². The second-order valence-corrected chi connectivity index (χ2v) is 7.82. The molecule has 4 rings (SSSR count). The van der Waals surface area contributed by atoms with Crippen LogP contribution in [-0.2, 0) is 13.2 Å². The zero-order valence-electron chi connectivity index (χ0n) is 18.6. The van der Waals surface area contributed by atoms with Gasteiger partial charge in [0.25, 0.3) is 0 Å². The van der Waals surface area contributed by atoms with E-state index in [0.29, 0.717) is 29.5 Å². The summed E-state index contributed by atoms with van der Waals surface area (Å²) in [5.41, 5.74) is 5.00. The molecule has 0 radical (unpaired) electrons. The van der Waals surface area contributed by atoms with Gasteiger partial charge >= 0.3 is 5.97 Å². The van der Waals surface area contributed by atoms with Crippen LogP contribution >= 0.6 is 0 Å². The lowest BCUT2D eigenvalue weighted by molar-refractivity contribution is 0.0693. The fourth-order valence-corrected chi connectivity index (χ4v) is 3.50. The number of carboxylic acid groups (broad SMARTS) is 1. The summed E-state index contributed by atoms with van der Waals surface area (Å²) < 4.78 is 12.0. The van der Waals surface area contributed by atoms with Gasteiger partial charge in [-0.25, -0.2) is 9.78 Å². The monoisotopic (exact) mass is 439 g/mol. The smallest absolute Gasteiger partial charge is 0.337 e. The van der Waals surface area contributed by atoms with E-state index in [9.17, 15) is 9.90 Å². The summed E-state index contributed by atoms with van der Waals surface area (Å²) in [5, 5.41) is 9.67. The van der Waals surface area contributed by atoms with E-state index in [1.165, 1.54) is 0 Å². The Morgan fingerprint density at radius 1 is 0.818 bits per heavy atom. The zero-order chi connectivity index (χ0) is 23.2. The van der Waals surface area contributed by atoms with Crippen molar-refractivity contribution in [3.63, 3.8) is 0 Å². The average Bonchev–Trinajstić information content (AvgIpc) is 2.84. The minimum Gasteiger partial charge on any atom is -0.488 e. The second-order valence-electron chi connectivity index (χ2n) is 7.82. The van der Waals surface area contributed by atoms with Crippen LogP contribution in [0.5, 0.6) is 11.5 Å². The summed E-state index contributed by atoms with van der Waals surface area (Å²) in [5.74, 6) is 0.352. The van der Waals surface area contributed by atoms with Gasteiger partial charge in [0.05, 0.1) is 17.0 Å². The third-order valence-electron chi connectivity index (χ3n) is 5.31. The van der Waals surface area contributed by atoms with Crippen LogP contribution in [-0.4, -0.2) is 16.1 Å². The molecule has 5 nitrogen and oxygen atoms in total. The Balaban J connectivity index is 1.62. The molecule has 3 aromatic carbocycles. The van der Waals surface area contributed by atoms with Crippen molar-refractivity contribution in [2.45, 2.75) is 27.1 Å². The lowest BCUT2D eigenvalue weighted by atomic mass is 10.1. The number of aromatic nitrogens is 1. The normalized spacial score (nSPS) is 10.6. The molecule has 0 spiro atoms. The van der Waals surface area contributed by atoms with Crippen LogP contribution in [0.15, 0.2) is 84.9 Å². The Bertz CT molecular complexity index is 1270. The maximum absolute atomic E-state index is 11.8. The third kappa shape index (κ3) is 5.39. The van der Waals surface area contributed by atoms with Crippen LogP contribution in [0.1, 0.15) is 32.7 Å². The van der Waals surface area contributed by atoms with Crippen molar-refractivity contribution >= 4 is 5.97 Å². The number of carbonyl (C=O) groups is 1. The molecule has 1 heterocycles. The second kappa shape index (κ2) is 10.0. The minimum absolute atomic E-state index is 0.0484. The lowest BCUT2D eigenvalue weighted by Gasteiger charge is -2.14.